The highest BCUT2D eigenvalue weighted by atomic mass is 35.5. The first-order chi connectivity index (χ1) is 14.3. The molecule has 0 atom stereocenters. The fraction of sp³-hybridized carbons (Fsp3) is 0.682. The van der Waals surface area contributed by atoms with Crippen LogP contribution in [0.15, 0.2) is 24.3 Å². The smallest absolute Gasteiger partial charge is 0.416 e. The lowest BCUT2D eigenvalue weighted by Gasteiger charge is -2.37. The van der Waals surface area contributed by atoms with Crippen LogP contribution in [0, 0.1) is 5.92 Å². The number of piperazine rings is 1. The lowest BCUT2D eigenvalue weighted by molar-refractivity contribution is -0.144. The summed E-state index contributed by atoms with van der Waals surface area (Å²) in [5, 5.41) is 0. The summed E-state index contributed by atoms with van der Waals surface area (Å²) in [6, 6.07) is 5.62. The Morgan fingerprint density at radius 3 is 2.28 bits per heavy atom. The molecule has 1 aromatic carbocycles. The van der Waals surface area contributed by atoms with E-state index in [1.165, 1.54) is 12.1 Å². The van der Waals surface area contributed by atoms with Crippen molar-refractivity contribution in [3.63, 3.8) is 0 Å². The molecular formula is C22H34Cl2F3N3O2. The van der Waals surface area contributed by atoms with E-state index in [1.54, 1.807) is 6.07 Å². The van der Waals surface area contributed by atoms with Crippen LogP contribution in [0.5, 0.6) is 0 Å². The number of carbonyl (C=O) groups excluding carboxylic acids is 1. The third-order valence-electron chi connectivity index (χ3n) is 6.13. The van der Waals surface area contributed by atoms with E-state index in [-0.39, 0.29) is 30.8 Å². The van der Waals surface area contributed by atoms with Crippen LogP contribution in [0.4, 0.5) is 18.9 Å². The maximum Gasteiger partial charge on any atom is 0.416 e. The van der Waals surface area contributed by atoms with Gasteiger partial charge in [0.2, 0.25) is 0 Å². The van der Waals surface area contributed by atoms with Crippen LogP contribution in [0.25, 0.3) is 0 Å². The zero-order chi connectivity index (χ0) is 21.6. The number of hydrogen-bond acceptors (Lipinski definition) is 5. The van der Waals surface area contributed by atoms with Gasteiger partial charge in [0.25, 0.3) is 0 Å². The Morgan fingerprint density at radius 1 is 1.03 bits per heavy atom. The van der Waals surface area contributed by atoms with Gasteiger partial charge in [-0.2, -0.15) is 13.2 Å². The van der Waals surface area contributed by atoms with Gasteiger partial charge in [-0.25, -0.2) is 0 Å². The van der Waals surface area contributed by atoms with Gasteiger partial charge in [0.15, 0.2) is 0 Å². The van der Waals surface area contributed by atoms with Gasteiger partial charge in [-0.05, 0) is 69.9 Å². The summed E-state index contributed by atoms with van der Waals surface area (Å²) in [4.78, 5) is 18.2. The minimum absolute atomic E-state index is 0. The Kier molecular flexibility index (Phi) is 12.1. The number of alkyl halides is 3. The molecule has 2 saturated heterocycles. The van der Waals surface area contributed by atoms with Gasteiger partial charge in [0.1, 0.15) is 0 Å². The molecule has 0 saturated carbocycles. The van der Waals surface area contributed by atoms with Crippen LogP contribution in [0.1, 0.15) is 31.7 Å². The van der Waals surface area contributed by atoms with E-state index in [2.05, 4.69) is 9.80 Å². The number of hydrogen-bond donors (Lipinski definition) is 0. The molecule has 3 rings (SSSR count). The maximum atomic E-state index is 12.9. The molecule has 0 radical (unpaired) electrons. The SMILES string of the molecule is CCOC(=O)CN1CCC(CCN2CCN(c3cccc(C(F)(F)F)c3)CC2)CC1.Cl.Cl. The van der Waals surface area contributed by atoms with Crippen molar-refractivity contribution >= 4 is 36.5 Å². The molecule has 0 aromatic heterocycles. The highest BCUT2D eigenvalue weighted by molar-refractivity contribution is 5.85. The normalized spacial score (nSPS) is 18.6. The first kappa shape index (κ1) is 28.8. The van der Waals surface area contributed by atoms with Gasteiger partial charge < -0.3 is 9.64 Å². The molecule has 32 heavy (non-hydrogen) atoms. The topological polar surface area (TPSA) is 36.0 Å². The molecule has 2 fully saturated rings. The van der Waals surface area contributed by atoms with Gasteiger partial charge in [0.05, 0.1) is 18.7 Å². The quantitative estimate of drug-likeness (QED) is 0.521. The minimum atomic E-state index is -4.30. The maximum absolute atomic E-state index is 12.9. The van der Waals surface area contributed by atoms with E-state index in [1.807, 2.05) is 11.8 Å². The Morgan fingerprint density at radius 2 is 1.69 bits per heavy atom. The van der Waals surface area contributed by atoms with Crippen molar-refractivity contribution in [1.29, 1.82) is 0 Å². The first-order valence-corrected chi connectivity index (χ1v) is 10.9. The molecule has 0 amide bonds. The van der Waals surface area contributed by atoms with Crippen LogP contribution >= 0.6 is 24.8 Å². The zero-order valence-corrected chi connectivity index (χ0v) is 20.1. The zero-order valence-electron chi connectivity index (χ0n) is 18.5. The summed E-state index contributed by atoms with van der Waals surface area (Å²) in [6.07, 6.45) is -0.965. The van der Waals surface area contributed by atoms with Crippen LogP contribution in [0.3, 0.4) is 0 Å². The Bertz CT molecular complexity index is 693. The molecular weight excluding hydrogens is 466 g/mol. The molecule has 10 heteroatoms. The van der Waals surface area contributed by atoms with Gasteiger partial charge in [0, 0.05) is 31.9 Å². The summed E-state index contributed by atoms with van der Waals surface area (Å²) in [5.74, 6) is 0.527. The van der Waals surface area contributed by atoms with E-state index in [0.29, 0.717) is 24.8 Å². The van der Waals surface area contributed by atoms with Crippen molar-refractivity contribution < 1.29 is 22.7 Å². The van der Waals surface area contributed by atoms with E-state index in [9.17, 15) is 18.0 Å². The predicted octanol–water partition coefficient (Wildman–Crippen LogP) is 4.34. The van der Waals surface area contributed by atoms with E-state index >= 15 is 0 Å². The average Bonchev–Trinajstić information content (AvgIpc) is 2.73. The lowest BCUT2D eigenvalue weighted by atomic mass is 9.93. The summed E-state index contributed by atoms with van der Waals surface area (Å²) >= 11 is 0. The van der Waals surface area contributed by atoms with Crippen molar-refractivity contribution in [2.24, 2.45) is 5.92 Å². The van der Waals surface area contributed by atoms with Gasteiger partial charge in [-0.1, -0.05) is 6.07 Å². The Labute approximate surface area is 201 Å². The van der Waals surface area contributed by atoms with E-state index < -0.39 is 11.7 Å². The van der Waals surface area contributed by atoms with Gasteiger partial charge in [-0.15, -0.1) is 24.8 Å². The van der Waals surface area contributed by atoms with Crippen molar-refractivity contribution in [2.75, 3.05) is 63.9 Å². The molecule has 0 N–H and O–H groups in total. The summed E-state index contributed by atoms with van der Waals surface area (Å²) in [5.41, 5.74) is 0.0650. The predicted molar refractivity (Wildman–Crippen MR) is 125 cm³/mol. The highest BCUT2D eigenvalue weighted by Crippen LogP contribution is 2.32. The molecule has 2 aliphatic rings. The van der Waals surface area contributed by atoms with Gasteiger partial charge >= 0.3 is 12.1 Å². The molecule has 0 aliphatic carbocycles. The number of ether oxygens (including phenoxy) is 1. The largest absolute Gasteiger partial charge is 0.465 e. The highest BCUT2D eigenvalue weighted by Gasteiger charge is 2.31. The van der Waals surface area contributed by atoms with Crippen LogP contribution in [-0.2, 0) is 15.7 Å². The Balaban J connectivity index is 0.00000256. The van der Waals surface area contributed by atoms with Crippen molar-refractivity contribution in [2.45, 2.75) is 32.4 Å². The summed E-state index contributed by atoms with van der Waals surface area (Å²) < 4.78 is 43.8. The number of esters is 1. The average molecular weight is 500 g/mol. The number of rotatable bonds is 7. The molecule has 2 aliphatic heterocycles. The molecule has 2 heterocycles. The monoisotopic (exact) mass is 499 g/mol. The van der Waals surface area contributed by atoms with Crippen molar-refractivity contribution in [3.8, 4) is 0 Å². The molecule has 0 unspecified atom stereocenters. The van der Waals surface area contributed by atoms with Crippen molar-refractivity contribution in [1.82, 2.24) is 9.80 Å². The Hall–Kier alpha value is -1.22. The second kappa shape index (κ2) is 13.5. The number of benzene rings is 1. The molecule has 0 bridgehead atoms. The summed E-state index contributed by atoms with van der Waals surface area (Å²) in [6.45, 7) is 8.78. The third kappa shape index (κ3) is 8.61. The molecule has 0 spiro atoms. The van der Waals surface area contributed by atoms with Crippen molar-refractivity contribution in [3.05, 3.63) is 29.8 Å². The lowest BCUT2D eigenvalue weighted by Crippen LogP contribution is -2.47. The number of piperidine rings is 1. The minimum Gasteiger partial charge on any atom is -0.465 e. The fourth-order valence-electron chi connectivity index (χ4n) is 4.30. The van der Waals surface area contributed by atoms with Crippen LogP contribution in [0.2, 0.25) is 0 Å². The number of anilines is 1. The third-order valence-corrected chi connectivity index (χ3v) is 6.13. The standard InChI is InChI=1S/C22H32F3N3O2.2ClH/c1-2-30-21(29)17-27-10-7-18(8-11-27)6-9-26-12-14-28(15-13-26)20-5-3-4-19(16-20)22(23,24)25;;/h3-5,16,18H,2,6-15,17H2,1H3;2*1H. The number of nitrogens with zero attached hydrogens (tertiary/aromatic N) is 3. The van der Waals surface area contributed by atoms with E-state index in [4.69, 9.17) is 4.74 Å². The van der Waals surface area contributed by atoms with Crippen LogP contribution < -0.4 is 4.90 Å². The molecule has 1 aromatic rings. The number of carbonyl (C=O) groups is 1. The number of halogens is 5. The first-order valence-electron chi connectivity index (χ1n) is 10.9. The summed E-state index contributed by atoms with van der Waals surface area (Å²) in [7, 11) is 0. The van der Waals surface area contributed by atoms with Crippen LogP contribution in [-0.4, -0.2) is 74.7 Å². The van der Waals surface area contributed by atoms with E-state index in [0.717, 1.165) is 71.1 Å². The molecule has 184 valence electrons. The fourth-order valence-corrected chi connectivity index (χ4v) is 4.30. The molecule has 5 nitrogen and oxygen atoms in total. The second-order valence-electron chi connectivity index (χ2n) is 8.19. The van der Waals surface area contributed by atoms with Gasteiger partial charge in [-0.3, -0.25) is 14.6 Å². The number of likely N-dealkylation sites (tertiary alicyclic amines) is 1. The second-order valence-corrected chi connectivity index (χ2v) is 8.19.